The second-order valence-electron chi connectivity index (χ2n) is 5.88. The van der Waals surface area contributed by atoms with Gasteiger partial charge in [-0.1, -0.05) is 12.1 Å². The maximum Gasteiger partial charge on any atom is 0.121 e. The first kappa shape index (κ1) is 12.6. The van der Waals surface area contributed by atoms with Crippen LogP contribution in [-0.2, 0) is 6.54 Å². The van der Waals surface area contributed by atoms with E-state index in [9.17, 15) is 0 Å². The van der Waals surface area contributed by atoms with E-state index in [1.54, 1.807) is 0 Å². The van der Waals surface area contributed by atoms with Gasteiger partial charge in [-0.25, -0.2) is 4.98 Å². The zero-order chi connectivity index (χ0) is 14.2. The van der Waals surface area contributed by atoms with Gasteiger partial charge in [-0.2, -0.15) is 5.10 Å². The summed E-state index contributed by atoms with van der Waals surface area (Å²) in [5, 5.41) is 4.44. The van der Waals surface area contributed by atoms with Crippen molar-refractivity contribution < 1.29 is 0 Å². The van der Waals surface area contributed by atoms with Gasteiger partial charge in [0, 0.05) is 19.3 Å². The minimum atomic E-state index is 0.489. The van der Waals surface area contributed by atoms with Gasteiger partial charge in [0.25, 0.3) is 0 Å². The Balaban J connectivity index is 1.46. The lowest BCUT2D eigenvalue weighted by Crippen LogP contribution is -2.22. The first-order chi connectivity index (χ1) is 10.3. The van der Waals surface area contributed by atoms with Crippen LogP contribution in [0, 0.1) is 6.92 Å². The van der Waals surface area contributed by atoms with Crippen molar-refractivity contribution in [3.63, 3.8) is 0 Å². The number of hydrogen-bond acceptors (Lipinski definition) is 3. The largest absolute Gasteiger partial charge is 0.341 e. The number of para-hydroxylation sites is 2. The molecule has 5 nitrogen and oxygen atoms in total. The molecule has 0 aliphatic carbocycles. The highest BCUT2D eigenvalue weighted by atomic mass is 15.3. The second kappa shape index (κ2) is 5.00. The number of imidazole rings is 1. The van der Waals surface area contributed by atoms with Crippen molar-refractivity contribution in [2.45, 2.75) is 25.9 Å². The fourth-order valence-corrected chi connectivity index (χ4v) is 3.10. The predicted molar refractivity (Wildman–Crippen MR) is 82.0 cm³/mol. The summed E-state index contributed by atoms with van der Waals surface area (Å²) in [5.41, 5.74) is 3.39. The second-order valence-corrected chi connectivity index (χ2v) is 5.88. The molecule has 21 heavy (non-hydrogen) atoms. The Morgan fingerprint density at radius 3 is 3.05 bits per heavy atom. The summed E-state index contributed by atoms with van der Waals surface area (Å²) < 4.78 is 2.11. The van der Waals surface area contributed by atoms with E-state index >= 15 is 0 Å². The molecule has 3 aromatic rings. The van der Waals surface area contributed by atoms with E-state index < -0.39 is 0 Å². The molecule has 3 heterocycles. The summed E-state index contributed by atoms with van der Waals surface area (Å²) in [6.45, 7) is 5.11. The van der Waals surface area contributed by atoms with Crippen LogP contribution in [0.3, 0.4) is 0 Å². The zero-order valence-electron chi connectivity index (χ0n) is 12.2. The van der Waals surface area contributed by atoms with E-state index in [4.69, 9.17) is 0 Å². The van der Waals surface area contributed by atoms with Crippen LogP contribution in [0.4, 0.5) is 0 Å². The van der Waals surface area contributed by atoms with Crippen molar-refractivity contribution in [3.8, 4) is 0 Å². The summed E-state index contributed by atoms with van der Waals surface area (Å²) in [4.78, 5) is 10.5. The third-order valence-electron chi connectivity index (χ3n) is 4.16. The molecule has 0 spiro atoms. The van der Waals surface area contributed by atoms with Crippen LogP contribution in [0.15, 0.2) is 36.7 Å². The van der Waals surface area contributed by atoms with Crippen molar-refractivity contribution in [3.05, 3.63) is 48.0 Å². The fourth-order valence-electron chi connectivity index (χ4n) is 3.10. The highest BCUT2D eigenvalue weighted by molar-refractivity contribution is 5.74. The molecule has 1 aliphatic rings. The third kappa shape index (κ3) is 2.45. The Labute approximate surface area is 123 Å². The lowest BCUT2D eigenvalue weighted by atomic mass is 10.3. The average Bonchev–Trinajstić information content (AvgIpc) is 3.17. The maximum absolute atomic E-state index is 4.66. The van der Waals surface area contributed by atoms with E-state index in [0.29, 0.717) is 6.04 Å². The van der Waals surface area contributed by atoms with Crippen molar-refractivity contribution >= 4 is 11.0 Å². The Morgan fingerprint density at radius 2 is 2.24 bits per heavy atom. The van der Waals surface area contributed by atoms with Gasteiger partial charge in [-0.05, 0) is 31.0 Å². The monoisotopic (exact) mass is 281 g/mol. The van der Waals surface area contributed by atoms with Gasteiger partial charge in [0.15, 0.2) is 0 Å². The number of rotatable bonds is 3. The number of fused-ring (bicyclic) bond motifs is 1. The molecule has 1 saturated heterocycles. The number of aromatic amines is 1. The van der Waals surface area contributed by atoms with E-state index in [0.717, 1.165) is 42.9 Å². The normalized spacial score (nSPS) is 19.6. The minimum Gasteiger partial charge on any atom is -0.341 e. The Kier molecular flexibility index (Phi) is 3.00. The molecule has 4 rings (SSSR count). The van der Waals surface area contributed by atoms with E-state index in [2.05, 4.69) is 49.9 Å². The van der Waals surface area contributed by atoms with Crippen LogP contribution in [-0.4, -0.2) is 37.7 Å². The van der Waals surface area contributed by atoms with Crippen LogP contribution in [0.25, 0.3) is 11.0 Å². The lowest BCUT2D eigenvalue weighted by molar-refractivity contribution is 0.305. The summed E-state index contributed by atoms with van der Waals surface area (Å²) in [6.07, 6.45) is 5.22. The number of H-pyrrole nitrogens is 1. The summed E-state index contributed by atoms with van der Waals surface area (Å²) >= 11 is 0. The van der Waals surface area contributed by atoms with Crippen molar-refractivity contribution in [2.24, 2.45) is 0 Å². The molecule has 0 radical (unpaired) electrons. The van der Waals surface area contributed by atoms with Crippen LogP contribution >= 0.6 is 0 Å². The molecular formula is C16H19N5. The van der Waals surface area contributed by atoms with Crippen molar-refractivity contribution in [1.82, 2.24) is 24.6 Å². The van der Waals surface area contributed by atoms with Crippen molar-refractivity contribution in [2.75, 3.05) is 13.1 Å². The van der Waals surface area contributed by atoms with E-state index in [1.165, 1.54) is 5.56 Å². The Bertz CT molecular complexity index is 724. The molecule has 0 amide bonds. The number of likely N-dealkylation sites (tertiary alicyclic amines) is 1. The molecular weight excluding hydrogens is 262 g/mol. The first-order valence-electron chi connectivity index (χ1n) is 7.45. The van der Waals surface area contributed by atoms with Gasteiger partial charge in [-0.3, -0.25) is 9.58 Å². The maximum atomic E-state index is 4.66. The standard InChI is InChI=1S/C16H19N5/c1-12-8-17-21(9-12)13-6-7-20(10-13)11-16-18-14-4-2-3-5-15(14)19-16/h2-5,8-9,13H,6-7,10-11H2,1H3,(H,18,19). The van der Waals surface area contributed by atoms with E-state index in [1.807, 2.05) is 18.3 Å². The summed E-state index contributed by atoms with van der Waals surface area (Å²) in [6, 6.07) is 8.68. The first-order valence-corrected chi connectivity index (χ1v) is 7.45. The average molecular weight is 281 g/mol. The minimum absolute atomic E-state index is 0.489. The number of nitrogens with one attached hydrogen (secondary N) is 1. The van der Waals surface area contributed by atoms with Crippen molar-refractivity contribution in [1.29, 1.82) is 0 Å². The van der Waals surface area contributed by atoms with Gasteiger partial charge in [0.05, 0.1) is 29.8 Å². The number of nitrogens with zero attached hydrogens (tertiary/aromatic N) is 4. The van der Waals surface area contributed by atoms with Crippen LogP contribution in [0.2, 0.25) is 0 Å². The van der Waals surface area contributed by atoms with Gasteiger partial charge in [0.2, 0.25) is 0 Å². The number of hydrogen-bond donors (Lipinski definition) is 1. The molecule has 2 aromatic heterocycles. The molecule has 1 fully saturated rings. The van der Waals surface area contributed by atoms with Crippen LogP contribution < -0.4 is 0 Å². The van der Waals surface area contributed by atoms with Crippen LogP contribution in [0.5, 0.6) is 0 Å². The summed E-state index contributed by atoms with van der Waals surface area (Å²) in [5.74, 6) is 1.05. The zero-order valence-corrected chi connectivity index (χ0v) is 12.2. The van der Waals surface area contributed by atoms with Gasteiger partial charge >= 0.3 is 0 Å². The summed E-state index contributed by atoms with van der Waals surface area (Å²) in [7, 11) is 0. The third-order valence-corrected chi connectivity index (χ3v) is 4.16. The number of benzene rings is 1. The smallest absolute Gasteiger partial charge is 0.121 e. The Morgan fingerprint density at radius 1 is 1.33 bits per heavy atom. The van der Waals surface area contributed by atoms with Gasteiger partial charge < -0.3 is 4.98 Å². The SMILES string of the molecule is Cc1cnn(C2CCN(Cc3nc4ccccc4[nH]3)C2)c1. The molecule has 5 heteroatoms. The molecule has 0 saturated carbocycles. The molecule has 1 aromatic carbocycles. The molecule has 1 atom stereocenters. The number of aryl methyl sites for hydroxylation is 1. The Hall–Kier alpha value is -2.14. The molecule has 1 aliphatic heterocycles. The fraction of sp³-hybridized carbons (Fsp3) is 0.375. The van der Waals surface area contributed by atoms with Crippen LogP contribution in [0.1, 0.15) is 23.9 Å². The van der Waals surface area contributed by atoms with E-state index in [-0.39, 0.29) is 0 Å². The lowest BCUT2D eigenvalue weighted by Gasteiger charge is -2.14. The highest BCUT2D eigenvalue weighted by Crippen LogP contribution is 2.23. The molecule has 0 bridgehead atoms. The number of aromatic nitrogens is 4. The topological polar surface area (TPSA) is 49.7 Å². The molecule has 1 N–H and O–H groups in total. The molecule has 108 valence electrons. The van der Waals surface area contributed by atoms with Gasteiger partial charge in [-0.15, -0.1) is 0 Å². The predicted octanol–water partition coefficient (Wildman–Crippen LogP) is 2.51. The highest BCUT2D eigenvalue weighted by Gasteiger charge is 2.24. The quantitative estimate of drug-likeness (QED) is 0.802. The molecule has 1 unspecified atom stereocenters. The van der Waals surface area contributed by atoms with Gasteiger partial charge in [0.1, 0.15) is 5.82 Å².